The van der Waals surface area contributed by atoms with Gasteiger partial charge in [-0.25, -0.2) is 0 Å². The minimum Gasteiger partial charge on any atom is -0.504 e. The molecule has 0 saturated heterocycles. The van der Waals surface area contributed by atoms with E-state index in [1.165, 1.54) is 12.1 Å². The lowest BCUT2D eigenvalue weighted by Crippen LogP contribution is -1.92. The lowest BCUT2D eigenvalue weighted by molar-refractivity contribution is -0.400. The molecule has 0 bridgehead atoms. The average Bonchev–Trinajstić information content (AvgIpc) is 2.19. The van der Waals surface area contributed by atoms with Crippen LogP contribution < -0.4 is 4.74 Å². The first-order valence-corrected chi connectivity index (χ1v) is 4.41. The van der Waals surface area contributed by atoms with Crippen LogP contribution in [0, 0.1) is 10.1 Å². The SMILES string of the molecule is CCOc1cc(/C=C\[N+](=O)[O-])ccc1O. The van der Waals surface area contributed by atoms with E-state index in [0.717, 1.165) is 6.20 Å². The number of hydrogen-bond donors (Lipinski definition) is 1. The number of hydrogen-bond acceptors (Lipinski definition) is 4. The molecule has 0 unspecified atom stereocenters. The van der Waals surface area contributed by atoms with E-state index in [0.29, 0.717) is 17.9 Å². The Labute approximate surface area is 86.8 Å². The van der Waals surface area contributed by atoms with Crippen LogP contribution in [-0.4, -0.2) is 16.6 Å². The van der Waals surface area contributed by atoms with Crippen LogP contribution in [0.25, 0.3) is 6.08 Å². The van der Waals surface area contributed by atoms with E-state index in [-0.39, 0.29) is 5.75 Å². The Morgan fingerprint density at radius 3 is 2.93 bits per heavy atom. The molecule has 0 fully saturated rings. The first kappa shape index (κ1) is 11.0. The third kappa shape index (κ3) is 3.30. The number of benzene rings is 1. The zero-order chi connectivity index (χ0) is 11.3. The van der Waals surface area contributed by atoms with E-state index in [4.69, 9.17) is 4.74 Å². The summed E-state index contributed by atoms with van der Waals surface area (Å²) in [5.41, 5.74) is 0.605. The maximum atomic E-state index is 10.1. The standard InChI is InChI=1S/C10H11NO4/c1-2-15-10-7-8(3-4-9(10)12)5-6-11(13)14/h3-7,12H,2H2,1H3/b6-5-. The molecule has 0 aliphatic rings. The van der Waals surface area contributed by atoms with Gasteiger partial charge in [0.1, 0.15) is 0 Å². The molecule has 0 amide bonds. The van der Waals surface area contributed by atoms with Crippen LogP contribution in [0.3, 0.4) is 0 Å². The molecule has 0 radical (unpaired) electrons. The Hall–Kier alpha value is -2.04. The number of nitrogens with zero attached hydrogens (tertiary/aromatic N) is 1. The monoisotopic (exact) mass is 209 g/mol. The van der Waals surface area contributed by atoms with Gasteiger partial charge in [0, 0.05) is 6.08 Å². The Balaban J connectivity index is 2.91. The van der Waals surface area contributed by atoms with Gasteiger partial charge in [0.15, 0.2) is 11.5 Å². The molecule has 0 aromatic heterocycles. The molecule has 0 aliphatic heterocycles. The predicted octanol–water partition coefficient (Wildman–Crippen LogP) is 2.04. The molecule has 0 aliphatic carbocycles. The summed E-state index contributed by atoms with van der Waals surface area (Å²) in [5, 5.41) is 19.4. The van der Waals surface area contributed by atoms with Gasteiger partial charge in [-0.1, -0.05) is 6.07 Å². The van der Waals surface area contributed by atoms with Crippen LogP contribution in [-0.2, 0) is 0 Å². The number of rotatable bonds is 4. The molecule has 15 heavy (non-hydrogen) atoms. The first-order valence-electron chi connectivity index (χ1n) is 4.41. The molecule has 80 valence electrons. The van der Waals surface area contributed by atoms with Crippen molar-refractivity contribution < 1.29 is 14.8 Å². The van der Waals surface area contributed by atoms with Crippen molar-refractivity contribution in [1.29, 1.82) is 0 Å². The topological polar surface area (TPSA) is 72.6 Å². The van der Waals surface area contributed by atoms with Crippen molar-refractivity contribution in [3.63, 3.8) is 0 Å². The predicted molar refractivity (Wildman–Crippen MR) is 55.3 cm³/mol. The van der Waals surface area contributed by atoms with E-state index in [1.807, 2.05) is 0 Å². The molecule has 5 heteroatoms. The van der Waals surface area contributed by atoms with Crippen molar-refractivity contribution >= 4 is 6.08 Å². The van der Waals surface area contributed by atoms with E-state index in [2.05, 4.69) is 0 Å². The Morgan fingerprint density at radius 2 is 2.33 bits per heavy atom. The van der Waals surface area contributed by atoms with Crippen molar-refractivity contribution in [2.75, 3.05) is 6.61 Å². The van der Waals surface area contributed by atoms with Crippen molar-refractivity contribution in [2.24, 2.45) is 0 Å². The van der Waals surface area contributed by atoms with Gasteiger partial charge in [-0.2, -0.15) is 0 Å². The lowest BCUT2D eigenvalue weighted by Gasteiger charge is -2.05. The fourth-order valence-corrected chi connectivity index (χ4v) is 1.05. The smallest absolute Gasteiger partial charge is 0.235 e. The Bertz CT molecular complexity index is 387. The lowest BCUT2D eigenvalue weighted by atomic mass is 10.2. The van der Waals surface area contributed by atoms with Crippen LogP contribution in [0.5, 0.6) is 11.5 Å². The van der Waals surface area contributed by atoms with Crippen molar-refractivity contribution in [1.82, 2.24) is 0 Å². The molecule has 0 spiro atoms. The molecule has 1 aromatic rings. The number of phenolic OH excluding ortho intramolecular Hbond substituents is 1. The fraction of sp³-hybridized carbons (Fsp3) is 0.200. The minimum atomic E-state index is -0.548. The summed E-state index contributed by atoms with van der Waals surface area (Å²) < 4.78 is 5.13. The summed E-state index contributed by atoms with van der Waals surface area (Å²) in [6.45, 7) is 2.22. The molecular weight excluding hydrogens is 198 g/mol. The van der Waals surface area contributed by atoms with Gasteiger partial charge in [-0.3, -0.25) is 10.1 Å². The van der Waals surface area contributed by atoms with Crippen LogP contribution in [0.2, 0.25) is 0 Å². The van der Waals surface area contributed by atoms with Crippen molar-refractivity contribution in [2.45, 2.75) is 6.92 Å². The zero-order valence-corrected chi connectivity index (χ0v) is 8.21. The molecule has 5 nitrogen and oxygen atoms in total. The second-order valence-electron chi connectivity index (χ2n) is 2.76. The van der Waals surface area contributed by atoms with Crippen LogP contribution in [0.4, 0.5) is 0 Å². The van der Waals surface area contributed by atoms with Crippen molar-refractivity contribution in [3.8, 4) is 11.5 Å². The van der Waals surface area contributed by atoms with Crippen LogP contribution in [0.15, 0.2) is 24.4 Å². The normalized spacial score (nSPS) is 10.5. The number of phenols is 1. The zero-order valence-electron chi connectivity index (χ0n) is 8.21. The first-order chi connectivity index (χ1) is 7.13. The molecule has 1 N–H and O–H groups in total. The summed E-state index contributed by atoms with van der Waals surface area (Å²) in [7, 11) is 0. The highest BCUT2D eigenvalue weighted by Gasteiger charge is 2.02. The minimum absolute atomic E-state index is 0.0232. The van der Waals surface area contributed by atoms with Gasteiger partial charge < -0.3 is 9.84 Å². The van der Waals surface area contributed by atoms with Gasteiger partial charge in [-0.15, -0.1) is 0 Å². The van der Waals surface area contributed by atoms with Gasteiger partial charge in [0.2, 0.25) is 6.20 Å². The molecule has 1 rings (SSSR count). The molecule has 0 heterocycles. The highest BCUT2D eigenvalue weighted by atomic mass is 16.6. The number of ether oxygens (including phenoxy) is 1. The van der Waals surface area contributed by atoms with E-state index in [9.17, 15) is 15.2 Å². The van der Waals surface area contributed by atoms with E-state index < -0.39 is 4.92 Å². The van der Waals surface area contributed by atoms with E-state index in [1.54, 1.807) is 19.1 Å². The third-order valence-electron chi connectivity index (χ3n) is 1.67. The largest absolute Gasteiger partial charge is 0.504 e. The fourth-order valence-electron chi connectivity index (χ4n) is 1.05. The summed E-state index contributed by atoms with van der Waals surface area (Å²) in [5.74, 6) is 0.345. The van der Waals surface area contributed by atoms with E-state index >= 15 is 0 Å². The molecule has 0 atom stereocenters. The van der Waals surface area contributed by atoms with Gasteiger partial charge in [0.05, 0.1) is 11.5 Å². The van der Waals surface area contributed by atoms with Gasteiger partial charge >= 0.3 is 0 Å². The number of aromatic hydroxyl groups is 1. The summed E-state index contributed by atoms with van der Waals surface area (Å²) in [6.07, 6.45) is 2.17. The summed E-state index contributed by atoms with van der Waals surface area (Å²) >= 11 is 0. The second-order valence-corrected chi connectivity index (χ2v) is 2.76. The highest BCUT2D eigenvalue weighted by molar-refractivity contribution is 5.54. The van der Waals surface area contributed by atoms with Gasteiger partial charge in [-0.05, 0) is 24.6 Å². The summed E-state index contributed by atoms with van der Waals surface area (Å²) in [4.78, 5) is 9.54. The van der Waals surface area contributed by atoms with Crippen LogP contribution in [0.1, 0.15) is 12.5 Å². The molecule has 1 aromatic carbocycles. The molecule has 0 saturated carbocycles. The Morgan fingerprint density at radius 1 is 1.60 bits per heavy atom. The van der Waals surface area contributed by atoms with Crippen molar-refractivity contribution in [3.05, 3.63) is 40.1 Å². The third-order valence-corrected chi connectivity index (χ3v) is 1.67. The number of nitro groups is 1. The van der Waals surface area contributed by atoms with Crippen LogP contribution >= 0.6 is 0 Å². The quantitative estimate of drug-likeness (QED) is 0.608. The maximum absolute atomic E-state index is 10.1. The summed E-state index contributed by atoms with van der Waals surface area (Å²) in [6, 6.07) is 4.54. The highest BCUT2D eigenvalue weighted by Crippen LogP contribution is 2.27. The average molecular weight is 209 g/mol. The molecular formula is C10H11NO4. The maximum Gasteiger partial charge on any atom is 0.235 e. The van der Waals surface area contributed by atoms with Gasteiger partial charge in [0.25, 0.3) is 0 Å². The second kappa shape index (κ2) is 4.99. The Kier molecular flexibility index (Phi) is 3.68.